The molecule has 1 heterocycles. The second-order valence-corrected chi connectivity index (χ2v) is 8.24. The van der Waals surface area contributed by atoms with Crippen molar-refractivity contribution in [3.8, 4) is 0 Å². The molecule has 2 amide bonds. The smallest absolute Gasteiger partial charge is 0.411 e. The predicted octanol–water partition coefficient (Wildman–Crippen LogP) is 4.23. The molecule has 1 N–H and O–H groups in total. The molecule has 5 nitrogen and oxygen atoms in total. The fraction of sp³-hybridized carbons (Fsp3) is 0.391. The van der Waals surface area contributed by atoms with E-state index in [1.165, 1.54) is 0 Å². The van der Waals surface area contributed by atoms with Crippen molar-refractivity contribution >= 4 is 12.0 Å². The third-order valence-corrected chi connectivity index (χ3v) is 4.84. The van der Waals surface area contributed by atoms with E-state index in [1.807, 2.05) is 82.3 Å². The normalized spacial score (nSPS) is 17.4. The van der Waals surface area contributed by atoms with Gasteiger partial charge < -0.3 is 10.1 Å². The maximum absolute atomic E-state index is 13.1. The second-order valence-electron chi connectivity index (χ2n) is 8.24. The summed E-state index contributed by atoms with van der Waals surface area (Å²) >= 11 is 0. The van der Waals surface area contributed by atoms with E-state index in [2.05, 4.69) is 5.32 Å². The van der Waals surface area contributed by atoms with Gasteiger partial charge in [0, 0.05) is 6.42 Å². The zero-order valence-electron chi connectivity index (χ0n) is 16.9. The minimum atomic E-state index is -0.619. The van der Waals surface area contributed by atoms with Gasteiger partial charge in [-0.25, -0.2) is 4.79 Å². The van der Waals surface area contributed by atoms with Crippen molar-refractivity contribution in [2.24, 2.45) is 0 Å². The van der Waals surface area contributed by atoms with Crippen molar-refractivity contribution in [3.05, 3.63) is 71.3 Å². The highest BCUT2D eigenvalue weighted by molar-refractivity contribution is 5.87. The van der Waals surface area contributed by atoms with Crippen molar-refractivity contribution in [1.29, 1.82) is 0 Å². The number of nitrogens with one attached hydrogen (secondary N) is 1. The molecule has 0 spiro atoms. The Kier molecular flexibility index (Phi) is 5.73. The summed E-state index contributed by atoms with van der Waals surface area (Å²) < 4.78 is 5.57. The highest BCUT2D eigenvalue weighted by Gasteiger charge is 2.37. The van der Waals surface area contributed by atoms with Gasteiger partial charge in [0.25, 0.3) is 0 Å². The molecule has 0 aromatic heterocycles. The van der Waals surface area contributed by atoms with Gasteiger partial charge in [0.2, 0.25) is 5.91 Å². The highest BCUT2D eigenvalue weighted by atomic mass is 16.6. The summed E-state index contributed by atoms with van der Waals surface area (Å²) in [5, 5.41) is 3.06. The molecule has 0 fully saturated rings. The van der Waals surface area contributed by atoms with Crippen molar-refractivity contribution < 1.29 is 14.3 Å². The molecular formula is C23H28N2O3. The maximum atomic E-state index is 13.1. The van der Waals surface area contributed by atoms with Crippen LogP contribution in [0.25, 0.3) is 0 Å². The molecule has 0 radical (unpaired) electrons. The molecule has 2 aromatic rings. The van der Waals surface area contributed by atoms with Crippen molar-refractivity contribution in [2.45, 2.75) is 58.3 Å². The number of amides is 2. The summed E-state index contributed by atoms with van der Waals surface area (Å²) in [4.78, 5) is 27.5. The van der Waals surface area contributed by atoms with Gasteiger partial charge in [-0.1, -0.05) is 54.6 Å². The number of carbonyl (C=O) groups excluding carboxylic acids is 2. The van der Waals surface area contributed by atoms with E-state index in [0.29, 0.717) is 13.0 Å². The fourth-order valence-corrected chi connectivity index (χ4v) is 3.40. The van der Waals surface area contributed by atoms with Crippen LogP contribution in [0.4, 0.5) is 4.79 Å². The van der Waals surface area contributed by atoms with Gasteiger partial charge >= 0.3 is 6.09 Å². The first-order valence-electron chi connectivity index (χ1n) is 9.66. The van der Waals surface area contributed by atoms with Gasteiger partial charge in [-0.15, -0.1) is 0 Å². The molecule has 28 heavy (non-hydrogen) atoms. The molecule has 3 rings (SSSR count). The summed E-state index contributed by atoms with van der Waals surface area (Å²) in [6.45, 7) is 7.80. The van der Waals surface area contributed by atoms with E-state index < -0.39 is 17.7 Å². The summed E-state index contributed by atoms with van der Waals surface area (Å²) in [6.07, 6.45) is 0.0115. The Labute approximate surface area is 166 Å². The van der Waals surface area contributed by atoms with Crippen LogP contribution in [0.15, 0.2) is 54.6 Å². The van der Waals surface area contributed by atoms with Gasteiger partial charge in [0.1, 0.15) is 11.6 Å². The lowest BCUT2D eigenvalue weighted by Gasteiger charge is -2.37. The number of hydrogen-bond donors (Lipinski definition) is 1. The van der Waals surface area contributed by atoms with Crippen molar-refractivity contribution in [3.63, 3.8) is 0 Å². The molecule has 0 aliphatic carbocycles. The van der Waals surface area contributed by atoms with Crippen molar-refractivity contribution in [1.82, 2.24) is 10.2 Å². The summed E-state index contributed by atoms with van der Waals surface area (Å²) in [7, 11) is 0. The molecule has 0 unspecified atom stereocenters. The Morgan fingerprint density at radius 3 is 2.29 bits per heavy atom. The predicted molar refractivity (Wildman–Crippen MR) is 109 cm³/mol. The first-order chi connectivity index (χ1) is 13.2. The Morgan fingerprint density at radius 2 is 1.64 bits per heavy atom. The van der Waals surface area contributed by atoms with Crippen LogP contribution >= 0.6 is 0 Å². The highest BCUT2D eigenvalue weighted by Crippen LogP contribution is 2.26. The average molecular weight is 380 g/mol. The van der Waals surface area contributed by atoms with E-state index in [0.717, 1.165) is 16.7 Å². The molecule has 1 aliphatic heterocycles. The maximum Gasteiger partial charge on any atom is 0.411 e. The van der Waals surface area contributed by atoms with Crippen LogP contribution in [0.2, 0.25) is 0 Å². The van der Waals surface area contributed by atoms with Crippen LogP contribution in [0, 0.1) is 0 Å². The SMILES string of the molecule is C[C@H](NC(=O)[C@H]1Cc2ccccc2CN1C(=O)OC(C)(C)C)c1ccccc1. The summed E-state index contributed by atoms with van der Waals surface area (Å²) in [5.41, 5.74) is 2.55. The fourth-order valence-electron chi connectivity index (χ4n) is 3.40. The quantitative estimate of drug-likeness (QED) is 0.867. The average Bonchev–Trinajstić information content (AvgIpc) is 2.66. The number of nitrogens with zero attached hydrogens (tertiary/aromatic N) is 1. The molecule has 0 bridgehead atoms. The number of fused-ring (bicyclic) bond motifs is 1. The molecule has 0 saturated heterocycles. The van der Waals surface area contributed by atoms with Crippen LogP contribution in [-0.4, -0.2) is 28.5 Å². The Hall–Kier alpha value is -2.82. The monoisotopic (exact) mass is 380 g/mol. The zero-order valence-corrected chi connectivity index (χ0v) is 16.9. The third kappa shape index (κ3) is 4.71. The minimum Gasteiger partial charge on any atom is -0.444 e. The largest absolute Gasteiger partial charge is 0.444 e. The standard InChI is InChI=1S/C23H28N2O3/c1-16(17-10-6-5-7-11-17)24-21(26)20-14-18-12-8-9-13-19(18)15-25(20)22(27)28-23(2,3)4/h5-13,16,20H,14-15H2,1-4H3,(H,24,26)/t16-,20+/m0/s1. The number of ether oxygens (including phenoxy) is 1. The van der Waals surface area contributed by atoms with Gasteiger partial charge in [-0.2, -0.15) is 0 Å². The number of carbonyl (C=O) groups is 2. The summed E-state index contributed by atoms with van der Waals surface area (Å²) in [5.74, 6) is -0.170. The Morgan fingerprint density at radius 1 is 1.04 bits per heavy atom. The molecule has 2 aromatic carbocycles. The van der Waals surface area contributed by atoms with Gasteiger partial charge in [-0.3, -0.25) is 9.69 Å². The van der Waals surface area contributed by atoms with E-state index in [4.69, 9.17) is 4.74 Å². The van der Waals surface area contributed by atoms with Crippen LogP contribution < -0.4 is 5.32 Å². The Bertz CT molecular complexity index is 842. The lowest BCUT2D eigenvalue weighted by molar-refractivity contribution is -0.127. The van der Waals surface area contributed by atoms with Crippen LogP contribution in [0.1, 0.15) is 50.4 Å². The molecule has 5 heteroatoms. The van der Waals surface area contributed by atoms with Gasteiger partial charge in [-0.05, 0) is 44.4 Å². The van der Waals surface area contributed by atoms with Crippen LogP contribution in [0.3, 0.4) is 0 Å². The Balaban J connectivity index is 1.82. The topological polar surface area (TPSA) is 58.6 Å². The van der Waals surface area contributed by atoms with E-state index in [1.54, 1.807) is 4.90 Å². The van der Waals surface area contributed by atoms with E-state index in [-0.39, 0.29) is 11.9 Å². The van der Waals surface area contributed by atoms with Gasteiger partial charge in [0.15, 0.2) is 0 Å². The third-order valence-electron chi connectivity index (χ3n) is 4.84. The summed E-state index contributed by atoms with van der Waals surface area (Å²) in [6, 6.07) is 17.0. The first kappa shape index (κ1) is 19.9. The zero-order chi connectivity index (χ0) is 20.3. The molecule has 1 aliphatic rings. The van der Waals surface area contributed by atoms with E-state index >= 15 is 0 Å². The van der Waals surface area contributed by atoms with Gasteiger partial charge in [0.05, 0.1) is 12.6 Å². The minimum absolute atomic E-state index is 0.147. The van der Waals surface area contributed by atoms with Crippen LogP contribution in [0.5, 0.6) is 0 Å². The lowest BCUT2D eigenvalue weighted by Crippen LogP contribution is -2.53. The second kappa shape index (κ2) is 8.05. The van der Waals surface area contributed by atoms with Crippen LogP contribution in [-0.2, 0) is 22.5 Å². The molecule has 2 atom stereocenters. The lowest BCUT2D eigenvalue weighted by atomic mass is 9.93. The van der Waals surface area contributed by atoms with Crippen molar-refractivity contribution in [2.75, 3.05) is 0 Å². The number of rotatable bonds is 3. The molecule has 0 saturated carbocycles. The molecular weight excluding hydrogens is 352 g/mol. The number of hydrogen-bond acceptors (Lipinski definition) is 3. The number of benzene rings is 2. The van der Waals surface area contributed by atoms with E-state index in [9.17, 15) is 9.59 Å². The first-order valence-corrected chi connectivity index (χ1v) is 9.66. The molecule has 148 valence electrons.